The van der Waals surface area contributed by atoms with Crippen molar-refractivity contribution < 1.29 is 17.3 Å². The molecule has 0 aromatic carbocycles. The van der Waals surface area contributed by atoms with Gasteiger partial charge in [-0.2, -0.15) is 13.1 Å². The SMILES string of the molecule is CO[C@@H]1[C@@H](C)[C@@H]2NS(=O)(=O)OCC[C@]23[C@H]2C(C)=CC(C)=C[C@]123. The largest absolute Gasteiger partial charge is 0.380 e. The number of ether oxygens (including phenoxy) is 1. The Labute approximate surface area is 132 Å². The summed E-state index contributed by atoms with van der Waals surface area (Å²) in [5.41, 5.74) is 2.37. The molecule has 122 valence electrons. The summed E-state index contributed by atoms with van der Waals surface area (Å²) < 4.78 is 37.9. The third-order valence-corrected chi connectivity index (χ3v) is 7.42. The van der Waals surface area contributed by atoms with Crippen molar-refractivity contribution in [3.05, 3.63) is 23.3 Å². The van der Waals surface area contributed by atoms with E-state index in [9.17, 15) is 8.42 Å². The van der Waals surface area contributed by atoms with Crippen LogP contribution < -0.4 is 4.72 Å². The van der Waals surface area contributed by atoms with Crippen LogP contribution >= 0.6 is 0 Å². The maximum atomic E-state index is 12.1. The fraction of sp³-hybridized carbons (Fsp3) is 0.750. The summed E-state index contributed by atoms with van der Waals surface area (Å²) in [4.78, 5) is 0. The lowest BCUT2D eigenvalue weighted by Crippen LogP contribution is -2.45. The molecule has 2 saturated carbocycles. The first kappa shape index (κ1) is 14.9. The van der Waals surface area contributed by atoms with Crippen LogP contribution in [0.3, 0.4) is 0 Å². The van der Waals surface area contributed by atoms with Gasteiger partial charge in [-0.3, -0.25) is 4.18 Å². The molecule has 22 heavy (non-hydrogen) atoms. The molecular formula is C16H23NO4S. The summed E-state index contributed by atoms with van der Waals surface area (Å²) in [6.07, 6.45) is 5.32. The zero-order valence-corrected chi connectivity index (χ0v) is 14.2. The molecule has 6 atom stereocenters. The zero-order valence-electron chi connectivity index (χ0n) is 13.4. The highest BCUT2D eigenvalue weighted by atomic mass is 32.2. The number of rotatable bonds is 1. The highest BCUT2D eigenvalue weighted by Gasteiger charge is 2.87. The van der Waals surface area contributed by atoms with E-state index in [-0.39, 0.29) is 35.5 Å². The first-order valence-corrected chi connectivity index (χ1v) is 9.28. The quantitative estimate of drug-likeness (QED) is 0.798. The molecule has 1 aliphatic heterocycles. The summed E-state index contributed by atoms with van der Waals surface area (Å²) in [6, 6.07) is -0.138. The van der Waals surface area contributed by atoms with E-state index in [4.69, 9.17) is 8.92 Å². The topological polar surface area (TPSA) is 64.6 Å². The van der Waals surface area contributed by atoms with Crippen LogP contribution in [-0.2, 0) is 19.2 Å². The Morgan fingerprint density at radius 3 is 2.82 bits per heavy atom. The van der Waals surface area contributed by atoms with Crippen LogP contribution in [0.25, 0.3) is 0 Å². The molecule has 0 radical (unpaired) electrons. The molecule has 0 bridgehead atoms. The summed E-state index contributed by atoms with van der Waals surface area (Å²) in [5, 5.41) is 0. The lowest BCUT2D eigenvalue weighted by molar-refractivity contribution is 0.0253. The van der Waals surface area contributed by atoms with Gasteiger partial charge < -0.3 is 4.74 Å². The molecule has 1 N–H and O–H groups in total. The minimum absolute atomic E-state index is 0.0295. The number of allylic oxidation sites excluding steroid dienone is 3. The summed E-state index contributed by atoms with van der Waals surface area (Å²) >= 11 is 0. The Hall–Kier alpha value is -0.690. The molecule has 2 spiro atoms. The minimum atomic E-state index is -3.67. The van der Waals surface area contributed by atoms with Crippen molar-refractivity contribution >= 4 is 10.3 Å². The van der Waals surface area contributed by atoms with Gasteiger partial charge in [0.2, 0.25) is 0 Å². The molecule has 0 amide bonds. The predicted molar refractivity (Wildman–Crippen MR) is 82.2 cm³/mol. The van der Waals surface area contributed by atoms with Gasteiger partial charge in [0.15, 0.2) is 0 Å². The van der Waals surface area contributed by atoms with Crippen molar-refractivity contribution in [3.63, 3.8) is 0 Å². The smallest absolute Gasteiger partial charge is 0.336 e. The summed E-state index contributed by atoms with van der Waals surface area (Å²) in [7, 11) is -1.93. The van der Waals surface area contributed by atoms with Crippen molar-refractivity contribution in [1.29, 1.82) is 0 Å². The second-order valence-corrected chi connectivity index (χ2v) is 8.70. The highest BCUT2D eigenvalue weighted by molar-refractivity contribution is 7.84. The number of nitrogens with one attached hydrogen (secondary N) is 1. The molecule has 1 saturated heterocycles. The maximum Gasteiger partial charge on any atom is 0.336 e. The molecule has 0 aromatic heterocycles. The Bertz CT molecular complexity index is 697. The van der Waals surface area contributed by atoms with Gasteiger partial charge >= 0.3 is 10.3 Å². The predicted octanol–water partition coefficient (Wildman–Crippen LogP) is 1.78. The Morgan fingerprint density at radius 1 is 1.41 bits per heavy atom. The highest BCUT2D eigenvalue weighted by Crippen LogP contribution is 2.84. The van der Waals surface area contributed by atoms with E-state index in [0.717, 1.165) is 6.42 Å². The summed E-state index contributed by atoms with van der Waals surface area (Å²) in [5.74, 6) is 0.465. The molecule has 6 heteroatoms. The maximum absolute atomic E-state index is 12.1. The average Bonchev–Trinajstić information content (AvgIpc) is 2.98. The molecule has 5 nitrogen and oxygen atoms in total. The van der Waals surface area contributed by atoms with Crippen LogP contribution in [0.15, 0.2) is 23.3 Å². The van der Waals surface area contributed by atoms with Gasteiger partial charge in [0.05, 0.1) is 12.7 Å². The van der Waals surface area contributed by atoms with E-state index in [2.05, 4.69) is 37.6 Å². The van der Waals surface area contributed by atoms with E-state index in [0.29, 0.717) is 5.92 Å². The van der Waals surface area contributed by atoms with Gasteiger partial charge in [-0.1, -0.05) is 30.2 Å². The van der Waals surface area contributed by atoms with Crippen molar-refractivity contribution in [3.8, 4) is 0 Å². The Morgan fingerprint density at radius 2 is 2.14 bits per heavy atom. The lowest BCUT2D eigenvalue weighted by atomic mass is 9.81. The van der Waals surface area contributed by atoms with Gasteiger partial charge in [0, 0.05) is 35.8 Å². The molecule has 1 heterocycles. The first-order valence-electron chi connectivity index (χ1n) is 7.87. The van der Waals surface area contributed by atoms with Crippen molar-refractivity contribution in [2.24, 2.45) is 22.7 Å². The fourth-order valence-electron chi connectivity index (χ4n) is 6.16. The first-order chi connectivity index (χ1) is 10.3. The molecule has 4 aliphatic rings. The lowest BCUT2D eigenvalue weighted by Gasteiger charge is -2.31. The van der Waals surface area contributed by atoms with E-state index in [1.807, 2.05) is 0 Å². The normalized spacial score (nSPS) is 51.8. The fourth-order valence-corrected chi connectivity index (χ4v) is 7.26. The second-order valence-electron chi connectivity index (χ2n) is 7.32. The molecule has 4 rings (SSSR count). The van der Waals surface area contributed by atoms with Crippen LogP contribution in [0.1, 0.15) is 27.2 Å². The Balaban J connectivity index is 1.90. The monoisotopic (exact) mass is 325 g/mol. The van der Waals surface area contributed by atoms with Gasteiger partial charge in [0.1, 0.15) is 0 Å². The van der Waals surface area contributed by atoms with E-state index < -0.39 is 10.3 Å². The molecule has 0 aromatic rings. The second kappa shape index (κ2) is 4.23. The van der Waals surface area contributed by atoms with Gasteiger partial charge in [-0.05, 0) is 20.3 Å². The summed E-state index contributed by atoms with van der Waals surface area (Å²) in [6.45, 7) is 6.60. The zero-order chi connectivity index (χ0) is 15.9. The third-order valence-electron chi connectivity index (χ3n) is 6.40. The van der Waals surface area contributed by atoms with Crippen molar-refractivity contribution in [2.45, 2.75) is 39.3 Å². The van der Waals surface area contributed by atoms with Crippen molar-refractivity contribution in [1.82, 2.24) is 4.72 Å². The van der Waals surface area contributed by atoms with Crippen LogP contribution in [0, 0.1) is 22.7 Å². The van der Waals surface area contributed by atoms with Crippen LogP contribution in [-0.4, -0.2) is 34.3 Å². The van der Waals surface area contributed by atoms with E-state index >= 15 is 0 Å². The van der Waals surface area contributed by atoms with Gasteiger partial charge in [0.25, 0.3) is 0 Å². The number of hydrogen-bond donors (Lipinski definition) is 1. The van der Waals surface area contributed by atoms with Gasteiger partial charge in [-0.25, -0.2) is 0 Å². The number of methoxy groups -OCH3 is 1. The average molecular weight is 325 g/mol. The molecule has 0 unspecified atom stereocenters. The van der Waals surface area contributed by atoms with Crippen LogP contribution in [0.2, 0.25) is 0 Å². The number of hydrogen-bond acceptors (Lipinski definition) is 4. The third kappa shape index (κ3) is 1.47. The molecule has 3 aliphatic carbocycles. The van der Waals surface area contributed by atoms with Crippen LogP contribution in [0.5, 0.6) is 0 Å². The van der Waals surface area contributed by atoms with Crippen LogP contribution in [0.4, 0.5) is 0 Å². The molecular weight excluding hydrogens is 302 g/mol. The van der Waals surface area contributed by atoms with Gasteiger partial charge in [-0.15, -0.1) is 0 Å². The van der Waals surface area contributed by atoms with E-state index in [1.54, 1.807) is 7.11 Å². The van der Waals surface area contributed by atoms with E-state index in [1.165, 1.54) is 11.1 Å². The standard InChI is InChI=1S/C16H23NO4S/c1-9-7-10(2)12-15-5-6-21-22(18,19)17-13(15)11(3)14(20-4)16(12,15)8-9/h7-8,11-14,17H,5-6H2,1-4H3/t11-,12+,13-,14+,15-,16+/m0/s1. The van der Waals surface area contributed by atoms with Crippen molar-refractivity contribution in [2.75, 3.05) is 13.7 Å². The Kier molecular flexibility index (Phi) is 2.86. The molecule has 3 fully saturated rings. The minimum Gasteiger partial charge on any atom is -0.380 e.